The summed E-state index contributed by atoms with van der Waals surface area (Å²) in [6, 6.07) is 13.0. The number of carbonyl (C=O) groups excluding carboxylic acids is 2. The van der Waals surface area contributed by atoms with Crippen molar-refractivity contribution in [3.8, 4) is 0 Å². The molecule has 1 amide bonds. The van der Waals surface area contributed by atoms with Crippen LogP contribution >= 0.6 is 0 Å². The van der Waals surface area contributed by atoms with Crippen molar-refractivity contribution in [3.05, 3.63) is 107 Å². The van der Waals surface area contributed by atoms with E-state index in [2.05, 4.69) is 5.32 Å². The van der Waals surface area contributed by atoms with Crippen LogP contribution in [0.5, 0.6) is 0 Å². The van der Waals surface area contributed by atoms with Gasteiger partial charge in [0.15, 0.2) is 0 Å². The molecule has 0 aliphatic heterocycles. The predicted molar refractivity (Wildman–Crippen MR) is 104 cm³/mol. The fourth-order valence-corrected chi connectivity index (χ4v) is 2.90. The molecule has 0 heterocycles. The van der Waals surface area contributed by atoms with Crippen molar-refractivity contribution in [1.82, 2.24) is 5.32 Å². The molecule has 0 saturated heterocycles. The van der Waals surface area contributed by atoms with E-state index in [-0.39, 0.29) is 18.6 Å². The lowest BCUT2D eigenvalue weighted by atomic mass is 10.1. The third-order valence-corrected chi connectivity index (χ3v) is 4.40. The minimum Gasteiger partial charge on any atom is -0.460 e. The number of amides is 1. The molecule has 160 valence electrons. The Kier molecular flexibility index (Phi) is 7.02. The fraction of sp³-hybridized carbons (Fsp3) is 0.130. The minimum atomic E-state index is -1.08. The maximum Gasteiger partial charge on any atom is 0.341 e. The second-order valence-electron chi connectivity index (χ2n) is 6.71. The van der Waals surface area contributed by atoms with Crippen molar-refractivity contribution in [1.29, 1.82) is 0 Å². The highest BCUT2D eigenvalue weighted by molar-refractivity contribution is 5.94. The van der Waals surface area contributed by atoms with Gasteiger partial charge < -0.3 is 10.1 Å². The van der Waals surface area contributed by atoms with E-state index in [1.54, 1.807) is 30.3 Å². The lowest BCUT2D eigenvalue weighted by Gasteiger charge is -2.19. The summed E-state index contributed by atoms with van der Waals surface area (Å²) < 4.78 is 59.0. The largest absolute Gasteiger partial charge is 0.460 e. The van der Waals surface area contributed by atoms with Gasteiger partial charge in [0.2, 0.25) is 0 Å². The van der Waals surface area contributed by atoms with E-state index in [4.69, 9.17) is 4.74 Å². The van der Waals surface area contributed by atoms with E-state index < -0.39 is 46.8 Å². The van der Waals surface area contributed by atoms with Gasteiger partial charge in [-0.15, -0.1) is 0 Å². The Morgan fingerprint density at radius 3 is 1.97 bits per heavy atom. The first kappa shape index (κ1) is 22.0. The number of esters is 1. The number of rotatable bonds is 7. The summed E-state index contributed by atoms with van der Waals surface area (Å²) in [4.78, 5) is 24.6. The number of carbonyl (C=O) groups is 2. The molecule has 0 bridgehead atoms. The number of nitrogens with one attached hydrogen (secondary N) is 1. The Morgan fingerprint density at radius 2 is 1.39 bits per heavy atom. The smallest absolute Gasteiger partial charge is 0.341 e. The first-order valence-corrected chi connectivity index (χ1v) is 9.25. The molecule has 0 aliphatic carbocycles. The first-order chi connectivity index (χ1) is 14.8. The summed E-state index contributed by atoms with van der Waals surface area (Å²) in [7, 11) is 0. The third-order valence-electron chi connectivity index (χ3n) is 4.40. The van der Waals surface area contributed by atoms with Crippen LogP contribution in [0.2, 0.25) is 0 Å². The molecular weight excluding hydrogens is 414 g/mol. The van der Waals surface area contributed by atoms with Crippen molar-refractivity contribution >= 4 is 11.9 Å². The van der Waals surface area contributed by atoms with E-state index in [9.17, 15) is 27.2 Å². The molecule has 0 aromatic heterocycles. The molecule has 3 aromatic rings. The van der Waals surface area contributed by atoms with Crippen LogP contribution in [0.4, 0.5) is 17.6 Å². The number of hydrogen-bond acceptors (Lipinski definition) is 3. The van der Waals surface area contributed by atoms with Crippen LogP contribution in [0.3, 0.4) is 0 Å². The van der Waals surface area contributed by atoms with E-state index >= 15 is 0 Å². The highest BCUT2D eigenvalue weighted by Gasteiger charge is 2.21. The maximum absolute atomic E-state index is 13.9. The SMILES string of the molecule is O=C(NC(COC(=O)c1ccc(F)cc1F)Cc1ccccc1)c1ccc(F)cc1F. The zero-order valence-corrected chi connectivity index (χ0v) is 16.1. The molecule has 1 N–H and O–H groups in total. The predicted octanol–water partition coefficient (Wildman–Crippen LogP) is 4.44. The highest BCUT2D eigenvalue weighted by atomic mass is 19.1. The van der Waals surface area contributed by atoms with Gasteiger partial charge in [-0.3, -0.25) is 4.79 Å². The second kappa shape index (κ2) is 9.88. The van der Waals surface area contributed by atoms with Gasteiger partial charge in [0.05, 0.1) is 17.2 Å². The molecule has 0 spiro atoms. The number of halogens is 4. The molecule has 1 atom stereocenters. The Bertz CT molecular complexity index is 1090. The van der Waals surface area contributed by atoms with Gasteiger partial charge in [0.1, 0.15) is 29.9 Å². The van der Waals surface area contributed by atoms with Crippen LogP contribution in [0.15, 0.2) is 66.7 Å². The molecule has 0 aliphatic rings. The average Bonchev–Trinajstić information content (AvgIpc) is 2.72. The molecule has 31 heavy (non-hydrogen) atoms. The van der Waals surface area contributed by atoms with Crippen LogP contribution in [0, 0.1) is 23.3 Å². The lowest BCUT2D eigenvalue weighted by molar-refractivity contribution is 0.0450. The third kappa shape index (κ3) is 5.91. The van der Waals surface area contributed by atoms with Crippen LogP contribution in [0.1, 0.15) is 26.3 Å². The van der Waals surface area contributed by atoms with Crippen molar-refractivity contribution in [3.63, 3.8) is 0 Å². The molecule has 0 radical (unpaired) electrons. The van der Waals surface area contributed by atoms with Crippen LogP contribution in [-0.2, 0) is 11.2 Å². The molecule has 4 nitrogen and oxygen atoms in total. The second-order valence-corrected chi connectivity index (χ2v) is 6.71. The van der Waals surface area contributed by atoms with Gasteiger partial charge in [0.25, 0.3) is 5.91 Å². The van der Waals surface area contributed by atoms with Gasteiger partial charge in [-0.25, -0.2) is 22.4 Å². The van der Waals surface area contributed by atoms with Crippen molar-refractivity contribution in [2.24, 2.45) is 0 Å². The molecule has 1 unspecified atom stereocenters. The van der Waals surface area contributed by atoms with Gasteiger partial charge in [-0.05, 0) is 36.2 Å². The van der Waals surface area contributed by atoms with Crippen molar-refractivity contribution in [2.75, 3.05) is 6.61 Å². The highest BCUT2D eigenvalue weighted by Crippen LogP contribution is 2.13. The van der Waals surface area contributed by atoms with Gasteiger partial charge in [0, 0.05) is 12.1 Å². The van der Waals surface area contributed by atoms with E-state index in [1.807, 2.05) is 0 Å². The monoisotopic (exact) mass is 431 g/mol. The quantitative estimate of drug-likeness (QED) is 0.445. The number of hydrogen-bond donors (Lipinski definition) is 1. The molecular formula is C23H17F4NO3. The zero-order valence-electron chi connectivity index (χ0n) is 16.1. The Morgan fingerprint density at radius 1 is 0.806 bits per heavy atom. The fourth-order valence-electron chi connectivity index (χ4n) is 2.90. The van der Waals surface area contributed by atoms with Gasteiger partial charge >= 0.3 is 5.97 Å². The van der Waals surface area contributed by atoms with Crippen molar-refractivity contribution < 1.29 is 31.9 Å². The summed E-state index contributed by atoms with van der Waals surface area (Å²) in [6.07, 6.45) is 0.217. The normalized spacial score (nSPS) is 11.6. The van der Waals surface area contributed by atoms with E-state index in [0.717, 1.165) is 29.8 Å². The van der Waals surface area contributed by atoms with Gasteiger partial charge in [-0.2, -0.15) is 0 Å². The Balaban J connectivity index is 1.74. The molecule has 8 heteroatoms. The van der Waals surface area contributed by atoms with Crippen LogP contribution in [-0.4, -0.2) is 24.5 Å². The summed E-state index contributed by atoms with van der Waals surface area (Å²) in [5.41, 5.74) is -0.0532. The molecule has 3 rings (SSSR count). The summed E-state index contributed by atoms with van der Waals surface area (Å²) in [5, 5.41) is 2.54. The molecule has 3 aromatic carbocycles. The summed E-state index contributed by atoms with van der Waals surface area (Å²) in [5.74, 6) is -5.67. The lowest BCUT2D eigenvalue weighted by Crippen LogP contribution is -2.40. The van der Waals surface area contributed by atoms with Gasteiger partial charge in [-0.1, -0.05) is 30.3 Å². The van der Waals surface area contributed by atoms with E-state index in [0.29, 0.717) is 12.1 Å². The van der Waals surface area contributed by atoms with E-state index in [1.165, 1.54) is 0 Å². The zero-order chi connectivity index (χ0) is 22.4. The Labute approximate surface area is 175 Å². The number of ether oxygens (including phenoxy) is 1. The summed E-state index contributed by atoms with van der Waals surface area (Å²) in [6.45, 7) is -0.362. The van der Waals surface area contributed by atoms with Crippen molar-refractivity contribution in [2.45, 2.75) is 12.5 Å². The molecule has 0 fully saturated rings. The first-order valence-electron chi connectivity index (χ1n) is 9.25. The maximum atomic E-state index is 13.9. The van der Waals surface area contributed by atoms with Crippen LogP contribution in [0.25, 0.3) is 0 Å². The average molecular weight is 431 g/mol. The Hall–Kier alpha value is -3.68. The molecule has 0 saturated carbocycles. The topological polar surface area (TPSA) is 55.4 Å². The van der Waals surface area contributed by atoms with Crippen LogP contribution < -0.4 is 5.32 Å². The number of benzene rings is 3. The standard InChI is InChI=1S/C23H17F4NO3/c24-15-6-8-18(20(26)11-15)22(29)28-17(10-14-4-2-1-3-5-14)13-31-23(30)19-9-7-16(25)12-21(19)27/h1-9,11-12,17H,10,13H2,(H,28,29). The summed E-state index contributed by atoms with van der Waals surface area (Å²) >= 11 is 0. The minimum absolute atomic E-state index is 0.217.